The molecule has 0 aliphatic heterocycles. The fraction of sp³-hybridized carbons (Fsp3) is 0.250. The lowest BCUT2D eigenvalue weighted by atomic mass is 10.2. The Morgan fingerprint density at radius 2 is 1.68 bits per heavy atom. The van der Waals surface area contributed by atoms with Gasteiger partial charge >= 0.3 is 10.4 Å². The van der Waals surface area contributed by atoms with Crippen molar-refractivity contribution in [1.29, 1.82) is 0 Å². The van der Waals surface area contributed by atoms with Crippen LogP contribution in [0.1, 0.15) is 5.01 Å². The molecule has 1 heterocycles. The van der Waals surface area contributed by atoms with Crippen LogP contribution in [0.15, 0.2) is 35.7 Å². The Balaban J connectivity index is 0.000000224. The second-order valence-electron chi connectivity index (χ2n) is 3.36. The first-order valence-electron chi connectivity index (χ1n) is 5.32. The fourth-order valence-corrected chi connectivity index (χ4v) is 1.93. The van der Waals surface area contributed by atoms with Crippen molar-refractivity contribution in [3.8, 4) is 11.3 Å². The molecule has 0 unspecified atom stereocenters. The van der Waals surface area contributed by atoms with Crippen molar-refractivity contribution >= 4 is 21.7 Å². The first-order valence-corrected chi connectivity index (χ1v) is 7.53. The number of hydrogen-bond donors (Lipinski definition) is 0. The number of benzene rings is 1. The average molecular weight is 301 g/mol. The third-order valence-corrected chi connectivity index (χ3v) is 3.69. The molecular weight excluding hydrogens is 286 g/mol. The fourth-order valence-electron chi connectivity index (χ4n) is 1.17. The zero-order chi connectivity index (χ0) is 14.3. The van der Waals surface area contributed by atoms with Crippen LogP contribution in [0.5, 0.6) is 0 Å². The van der Waals surface area contributed by atoms with Crippen LogP contribution in [0, 0.1) is 6.92 Å². The third-order valence-electron chi connectivity index (χ3n) is 2.10. The molecule has 1 aromatic heterocycles. The molecule has 0 atom stereocenters. The molecule has 5 nitrogen and oxygen atoms in total. The lowest BCUT2D eigenvalue weighted by Gasteiger charge is -1.92. The van der Waals surface area contributed by atoms with Gasteiger partial charge in [0, 0.05) is 10.9 Å². The molecule has 0 amide bonds. The minimum Gasteiger partial charge on any atom is -0.252 e. The van der Waals surface area contributed by atoms with Gasteiger partial charge in [0.2, 0.25) is 0 Å². The highest BCUT2D eigenvalue weighted by Crippen LogP contribution is 2.20. The summed E-state index contributed by atoms with van der Waals surface area (Å²) in [6.07, 6.45) is 0. The second kappa shape index (κ2) is 7.34. The normalized spacial score (nSPS) is 10.7. The van der Waals surface area contributed by atoms with E-state index in [1.807, 2.05) is 25.1 Å². The molecule has 7 heteroatoms. The van der Waals surface area contributed by atoms with Gasteiger partial charge in [0.05, 0.1) is 24.9 Å². The molecule has 0 aliphatic carbocycles. The molecule has 0 fully saturated rings. The summed E-state index contributed by atoms with van der Waals surface area (Å²) in [5, 5.41) is 3.21. The summed E-state index contributed by atoms with van der Waals surface area (Å²) in [7, 11) is -1.60. The summed E-state index contributed by atoms with van der Waals surface area (Å²) in [6.45, 7) is 2.02. The summed E-state index contributed by atoms with van der Waals surface area (Å²) < 4.78 is 27.5. The van der Waals surface area contributed by atoms with E-state index >= 15 is 0 Å². The third kappa shape index (κ3) is 5.48. The van der Waals surface area contributed by atoms with E-state index in [-0.39, 0.29) is 0 Å². The van der Waals surface area contributed by atoms with E-state index in [1.54, 1.807) is 11.3 Å². The van der Waals surface area contributed by atoms with Crippen molar-refractivity contribution in [3.05, 3.63) is 40.7 Å². The summed E-state index contributed by atoms with van der Waals surface area (Å²) in [4.78, 5) is 4.40. The Morgan fingerprint density at radius 1 is 1.11 bits per heavy atom. The van der Waals surface area contributed by atoms with Gasteiger partial charge in [-0.05, 0) is 6.92 Å². The zero-order valence-corrected chi connectivity index (χ0v) is 12.5. The van der Waals surface area contributed by atoms with Crippen LogP contribution in [0.2, 0.25) is 0 Å². The second-order valence-corrected chi connectivity index (χ2v) is 5.90. The van der Waals surface area contributed by atoms with Gasteiger partial charge in [0.25, 0.3) is 0 Å². The van der Waals surface area contributed by atoms with Crippen molar-refractivity contribution in [2.24, 2.45) is 0 Å². The molecular formula is C12H15NO4S2. The van der Waals surface area contributed by atoms with Crippen molar-refractivity contribution in [1.82, 2.24) is 4.98 Å². The van der Waals surface area contributed by atoms with Gasteiger partial charge in [-0.15, -0.1) is 11.3 Å². The predicted octanol–water partition coefficient (Wildman–Crippen LogP) is 2.64. The number of hydrogen-bond acceptors (Lipinski definition) is 6. The number of nitrogens with zero attached hydrogens (tertiary/aromatic N) is 1. The van der Waals surface area contributed by atoms with Gasteiger partial charge in [-0.2, -0.15) is 8.42 Å². The van der Waals surface area contributed by atoms with Crippen molar-refractivity contribution in [3.63, 3.8) is 0 Å². The Kier molecular flexibility index (Phi) is 6.10. The highest BCUT2D eigenvalue weighted by Gasteiger charge is 2.01. The summed E-state index contributed by atoms with van der Waals surface area (Å²) >= 11 is 1.69. The molecule has 0 radical (unpaired) electrons. The van der Waals surface area contributed by atoms with E-state index in [0.717, 1.165) is 24.9 Å². The van der Waals surface area contributed by atoms with Gasteiger partial charge in [-0.25, -0.2) is 4.98 Å². The van der Waals surface area contributed by atoms with Crippen molar-refractivity contribution < 1.29 is 16.8 Å². The highest BCUT2D eigenvalue weighted by atomic mass is 32.3. The largest absolute Gasteiger partial charge is 0.399 e. The lowest BCUT2D eigenvalue weighted by molar-refractivity contribution is 0.286. The molecule has 2 aromatic rings. The molecule has 1 aromatic carbocycles. The molecule has 0 saturated carbocycles. The topological polar surface area (TPSA) is 65.5 Å². The van der Waals surface area contributed by atoms with Gasteiger partial charge in [0.1, 0.15) is 0 Å². The van der Waals surface area contributed by atoms with Crippen LogP contribution >= 0.6 is 11.3 Å². The quantitative estimate of drug-likeness (QED) is 0.872. The maximum absolute atomic E-state index is 9.92. The van der Waals surface area contributed by atoms with Gasteiger partial charge in [-0.3, -0.25) is 8.37 Å². The first kappa shape index (κ1) is 15.8. The van der Waals surface area contributed by atoms with E-state index in [0.29, 0.717) is 0 Å². The summed E-state index contributed by atoms with van der Waals surface area (Å²) in [5.74, 6) is 0. The summed E-state index contributed by atoms with van der Waals surface area (Å²) in [5.41, 5.74) is 2.28. The molecule has 0 saturated heterocycles. The van der Waals surface area contributed by atoms with E-state index < -0.39 is 10.4 Å². The lowest BCUT2D eigenvalue weighted by Crippen LogP contribution is -2.02. The molecule has 2 rings (SSSR count). The van der Waals surface area contributed by atoms with Crippen LogP contribution in [-0.2, 0) is 18.8 Å². The van der Waals surface area contributed by atoms with E-state index in [2.05, 4.69) is 30.9 Å². The Morgan fingerprint density at radius 3 is 2.05 bits per heavy atom. The standard InChI is InChI=1S/C10H9NS.C2H6O4S/c1-8-11-10(7-12-8)9-5-3-2-4-6-9;1-5-7(3,4)6-2/h2-7H,1H3;1-2H3. The van der Waals surface area contributed by atoms with Crippen LogP contribution < -0.4 is 0 Å². The predicted molar refractivity (Wildman–Crippen MR) is 75.2 cm³/mol. The van der Waals surface area contributed by atoms with Crippen molar-refractivity contribution in [2.75, 3.05) is 14.2 Å². The van der Waals surface area contributed by atoms with Gasteiger partial charge in [0.15, 0.2) is 0 Å². The monoisotopic (exact) mass is 301 g/mol. The van der Waals surface area contributed by atoms with E-state index in [9.17, 15) is 8.42 Å². The number of rotatable bonds is 3. The SMILES string of the molecule is COS(=O)(=O)OC.Cc1nc(-c2ccccc2)cs1. The maximum Gasteiger partial charge on any atom is 0.399 e. The van der Waals surface area contributed by atoms with E-state index in [4.69, 9.17) is 0 Å². The van der Waals surface area contributed by atoms with E-state index in [1.165, 1.54) is 5.56 Å². The molecule has 0 spiro atoms. The Bertz CT molecular complexity index is 583. The minimum absolute atomic E-state index is 1.03. The van der Waals surface area contributed by atoms with Crippen molar-refractivity contribution in [2.45, 2.75) is 6.92 Å². The first-order chi connectivity index (χ1) is 8.98. The Hall–Kier alpha value is -1.28. The van der Waals surface area contributed by atoms with Crippen LogP contribution in [0.4, 0.5) is 0 Å². The Labute approximate surface area is 117 Å². The number of aromatic nitrogens is 1. The highest BCUT2D eigenvalue weighted by molar-refractivity contribution is 7.81. The number of aryl methyl sites for hydroxylation is 1. The van der Waals surface area contributed by atoms with Gasteiger partial charge in [-0.1, -0.05) is 30.3 Å². The van der Waals surface area contributed by atoms with Crippen LogP contribution in [0.3, 0.4) is 0 Å². The molecule has 19 heavy (non-hydrogen) atoms. The number of thiazole rings is 1. The maximum atomic E-state index is 9.92. The molecule has 0 bridgehead atoms. The zero-order valence-electron chi connectivity index (χ0n) is 10.9. The summed E-state index contributed by atoms with van der Waals surface area (Å²) in [6, 6.07) is 10.2. The average Bonchev–Trinajstić information content (AvgIpc) is 2.87. The smallest absolute Gasteiger partial charge is 0.252 e. The van der Waals surface area contributed by atoms with Gasteiger partial charge < -0.3 is 0 Å². The molecule has 104 valence electrons. The van der Waals surface area contributed by atoms with Crippen LogP contribution in [0.25, 0.3) is 11.3 Å². The molecule has 0 aliphatic rings. The van der Waals surface area contributed by atoms with Crippen LogP contribution in [-0.4, -0.2) is 27.6 Å². The minimum atomic E-state index is -3.66. The molecule has 0 N–H and O–H groups in total.